The maximum absolute atomic E-state index is 12.6. The van der Waals surface area contributed by atoms with E-state index in [0.717, 1.165) is 31.7 Å². The lowest BCUT2D eigenvalue weighted by molar-refractivity contribution is -0.884. The van der Waals surface area contributed by atoms with Crippen molar-refractivity contribution < 1.29 is 14.5 Å². The van der Waals surface area contributed by atoms with E-state index in [9.17, 15) is 9.59 Å². The lowest BCUT2D eigenvalue weighted by atomic mass is 10.2. The van der Waals surface area contributed by atoms with E-state index in [1.165, 1.54) is 21.6 Å². The molecule has 2 saturated heterocycles. The molecule has 0 unspecified atom stereocenters. The molecule has 0 radical (unpaired) electrons. The van der Waals surface area contributed by atoms with Crippen LogP contribution in [-0.2, 0) is 9.59 Å². The van der Waals surface area contributed by atoms with Gasteiger partial charge in [-0.3, -0.25) is 19.9 Å². The van der Waals surface area contributed by atoms with Gasteiger partial charge in [0, 0.05) is 13.0 Å². The Bertz CT molecular complexity index is 715. The molecule has 2 aliphatic rings. The number of rotatable bonds is 5. The Kier molecular flexibility index (Phi) is 6.42. The average Bonchev–Trinajstić information content (AvgIpc) is 2.89. The number of hydrogen-bond acceptors (Lipinski definition) is 5. The summed E-state index contributed by atoms with van der Waals surface area (Å²) in [5.74, 6) is -0.203. The van der Waals surface area contributed by atoms with Crippen molar-refractivity contribution in [3.63, 3.8) is 0 Å². The lowest BCUT2D eigenvalue weighted by Crippen LogP contribution is -3.12. The summed E-state index contributed by atoms with van der Waals surface area (Å²) in [6.07, 6.45) is 2.08. The molecule has 2 heterocycles. The summed E-state index contributed by atoms with van der Waals surface area (Å²) < 4.78 is 0.508. The van der Waals surface area contributed by atoms with Crippen molar-refractivity contribution in [3.05, 3.63) is 40.8 Å². The molecule has 2 N–H and O–H groups in total. The molecule has 2 aliphatic heterocycles. The van der Waals surface area contributed by atoms with Crippen molar-refractivity contribution in [1.29, 1.82) is 0 Å². The summed E-state index contributed by atoms with van der Waals surface area (Å²) in [5, 5.41) is 1.95. The molecule has 2 amide bonds. The summed E-state index contributed by atoms with van der Waals surface area (Å²) in [4.78, 5) is 28.3. The number of quaternary nitrogens is 1. The van der Waals surface area contributed by atoms with Crippen LogP contribution in [-0.4, -0.2) is 65.8 Å². The van der Waals surface area contributed by atoms with Crippen molar-refractivity contribution >= 4 is 46.2 Å². The van der Waals surface area contributed by atoms with Crippen molar-refractivity contribution in [2.45, 2.75) is 6.42 Å². The Morgan fingerprint density at radius 1 is 1.31 bits per heavy atom. The first-order valence-corrected chi connectivity index (χ1v) is 9.91. The number of benzene rings is 1. The Labute approximate surface area is 163 Å². The molecule has 0 bridgehead atoms. The third-order valence-electron chi connectivity index (χ3n) is 4.43. The van der Waals surface area contributed by atoms with Gasteiger partial charge in [-0.05, 0) is 11.6 Å². The molecule has 1 aromatic rings. The lowest BCUT2D eigenvalue weighted by Gasteiger charge is -2.30. The van der Waals surface area contributed by atoms with E-state index in [-0.39, 0.29) is 18.2 Å². The Hall–Kier alpha value is -1.74. The number of thioether (sulfide) groups is 1. The van der Waals surface area contributed by atoms with Gasteiger partial charge in [0.15, 0.2) is 0 Å². The predicted octanol–water partition coefficient (Wildman–Crippen LogP) is 0.139. The van der Waals surface area contributed by atoms with E-state index in [1.807, 2.05) is 41.4 Å². The van der Waals surface area contributed by atoms with Crippen LogP contribution in [0.15, 0.2) is 35.2 Å². The van der Waals surface area contributed by atoms with E-state index in [2.05, 4.69) is 12.5 Å². The van der Waals surface area contributed by atoms with E-state index in [1.54, 1.807) is 0 Å². The van der Waals surface area contributed by atoms with E-state index in [4.69, 9.17) is 12.2 Å². The predicted molar refractivity (Wildman–Crippen MR) is 107 cm³/mol. The van der Waals surface area contributed by atoms with Crippen molar-refractivity contribution in [2.75, 3.05) is 39.8 Å². The van der Waals surface area contributed by atoms with Gasteiger partial charge in [-0.15, -0.1) is 0 Å². The smallest absolute Gasteiger partial charge is 0.266 e. The van der Waals surface area contributed by atoms with Gasteiger partial charge >= 0.3 is 0 Å². The topological polar surface area (TPSA) is 57.1 Å². The number of amides is 2. The molecule has 6 nitrogen and oxygen atoms in total. The van der Waals surface area contributed by atoms with E-state index in [0.29, 0.717) is 15.8 Å². The third-order valence-corrected chi connectivity index (χ3v) is 5.81. The third kappa shape index (κ3) is 4.91. The van der Waals surface area contributed by atoms with Gasteiger partial charge in [0.2, 0.25) is 5.91 Å². The Balaban J connectivity index is 1.52. The van der Waals surface area contributed by atoms with Gasteiger partial charge in [-0.2, -0.15) is 0 Å². The molecular weight excluding hydrogens is 368 g/mol. The first kappa shape index (κ1) is 19.0. The van der Waals surface area contributed by atoms with E-state index >= 15 is 0 Å². The number of nitrogens with one attached hydrogen (secondary N) is 2. The normalized spacial score (nSPS) is 20.8. The number of carbonyl (C=O) groups excluding carboxylic acids is 2. The van der Waals surface area contributed by atoms with Crippen LogP contribution < -0.4 is 10.3 Å². The number of thiocarbonyl (C=S) groups is 1. The molecule has 0 aliphatic carbocycles. The van der Waals surface area contributed by atoms with E-state index < -0.39 is 0 Å². The highest BCUT2D eigenvalue weighted by molar-refractivity contribution is 8.26. The standard InChI is InChI=1S/C18H22N4O2S2/c1-20-9-11-21(12-10-20)19-16(23)7-8-22-17(24)15(26-18(22)25)13-14-5-3-2-4-6-14/h2-6,13H,7-12H2,1H3,(H,19,23)/p+1/b15-13+. The van der Waals surface area contributed by atoms with Gasteiger partial charge in [-0.1, -0.05) is 54.3 Å². The Morgan fingerprint density at radius 2 is 2.00 bits per heavy atom. The summed E-state index contributed by atoms with van der Waals surface area (Å²) in [7, 11) is 2.15. The van der Waals surface area contributed by atoms with Gasteiger partial charge in [-0.25, -0.2) is 5.01 Å². The fraction of sp³-hybridized carbons (Fsp3) is 0.389. The summed E-state index contributed by atoms with van der Waals surface area (Å²) in [6.45, 7) is 4.02. The van der Waals surface area contributed by atoms with Crippen LogP contribution in [0.4, 0.5) is 0 Å². The molecule has 0 spiro atoms. The molecule has 0 saturated carbocycles. The zero-order valence-electron chi connectivity index (χ0n) is 14.7. The minimum atomic E-state index is -0.125. The summed E-state index contributed by atoms with van der Waals surface area (Å²) in [5.41, 5.74) is 3.88. The fourth-order valence-corrected chi connectivity index (χ4v) is 4.15. The van der Waals surface area contributed by atoms with Crippen LogP contribution in [0, 0.1) is 0 Å². The highest BCUT2D eigenvalue weighted by Crippen LogP contribution is 2.32. The average molecular weight is 392 g/mol. The summed E-state index contributed by atoms with van der Waals surface area (Å²) >= 11 is 6.61. The maximum Gasteiger partial charge on any atom is 0.266 e. The van der Waals surface area contributed by atoms with Crippen molar-refractivity contribution in [3.8, 4) is 0 Å². The molecule has 2 fully saturated rings. The van der Waals surface area contributed by atoms with Crippen LogP contribution in [0.25, 0.3) is 6.08 Å². The number of hydrazine groups is 1. The number of carbonyl (C=O) groups is 2. The largest absolute Gasteiger partial charge is 0.335 e. The second-order valence-corrected chi connectivity index (χ2v) is 8.15. The second kappa shape index (κ2) is 8.77. The highest BCUT2D eigenvalue weighted by atomic mass is 32.2. The maximum atomic E-state index is 12.6. The van der Waals surface area contributed by atoms with Gasteiger partial charge < -0.3 is 4.90 Å². The minimum absolute atomic E-state index is 0.0781. The van der Waals surface area contributed by atoms with Crippen molar-refractivity contribution in [1.82, 2.24) is 15.3 Å². The molecule has 1 aromatic carbocycles. The molecule has 0 atom stereocenters. The number of likely N-dealkylation sites (N-methyl/N-ethyl adjacent to an activating group) is 1. The highest BCUT2D eigenvalue weighted by Gasteiger charge is 2.32. The van der Waals surface area contributed by atoms with Crippen LogP contribution >= 0.6 is 24.0 Å². The van der Waals surface area contributed by atoms with Crippen LogP contribution in [0.2, 0.25) is 0 Å². The molecule has 138 valence electrons. The van der Waals surface area contributed by atoms with Crippen LogP contribution in [0.1, 0.15) is 12.0 Å². The minimum Gasteiger partial charge on any atom is -0.335 e. The van der Waals surface area contributed by atoms with Crippen LogP contribution in [0.3, 0.4) is 0 Å². The van der Waals surface area contributed by atoms with Crippen LogP contribution in [0.5, 0.6) is 0 Å². The quantitative estimate of drug-likeness (QED) is 0.552. The zero-order chi connectivity index (χ0) is 18.5. The first-order chi connectivity index (χ1) is 12.5. The summed E-state index contributed by atoms with van der Waals surface area (Å²) in [6, 6.07) is 9.67. The number of piperazine rings is 1. The zero-order valence-corrected chi connectivity index (χ0v) is 16.4. The fourth-order valence-electron chi connectivity index (χ4n) is 2.84. The number of nitrogens with zero attached hydrogens (tertiary/aromatic N) is 2. The second-order valence-electron chi connectivity index (χ2n) is 6.47. The molecule has 26 heavy (non-hydrogen) atoms. The van der Waals surface area contributed by atoms with Gasteiger partial charge in [0.25, 0.3) is 5.91 Å². The van der Waals surface area contributed by atoms with Gasteiger partial charge in [0.1, 0.15) is 4.32 Å². The molecule has 3 rings (SSSR count). The molecular formula is C18H23N4O2S2+. The molecule has 8 heteroatoms. The van der Waals surface area contributed by atoms with Gasteiger partial charge in [0.05, 0.1) is 38.1 Å². The van der Waals surface area contributed by atoms with Crippen molar-refractivity contribution in [2.24, 2.45) is 0 Å². The molecule has 0 aromatic heterocycles. The Morgan fingerprint density at radius 3 is 2.69 bits per heavy atom. The number of hydrogen-bond donors (Lipinski definition) is 2. The SMILES string of the molecule is C[NH+]1CCN(NC(=O)CCN2C(=O)/C(=C\c3ccccc3)SC2=S)CC1. The first-order valence-electron chi connectivity index (χ1n) is 8.69. The monoisotopic (exact) mass is 391 g/mol.